The van der Waals surface area contributed by atoms with Gasteiger partial charge in [-0.2, -0.15) is 0 Å². The van der Waals surface area contributed by atoms with Gasteiger partial charge in [0.25, 0.3) is 0 Å². The van der Waals surface area contributed by atoms with E-state index in [0.29, 0.717) is 13.3 Å². The fourth-order valence-corrected chi connectivity index (χ4v) is 0.963. The van der Waals surface area contributed by atoms with E-state index >= 15 is 0 Å². The number of amides is 2. The monoisotopic (exact) mass is 246 g/mol. The van der Waals surface area contributed by atoms with Crippen LogP contribution in [0.5, 0.6) is 0 Å². The Morgan fingerprint density at radius 1 is 0.882 bits per heavy atom. The lowest BCUT2D eigenvalue weighted by Gasteiger charge is -2.06. The quantitative estimate of drug-likeness (QED) is 0.448. The zero-order valence-corrected chi connectivity index (χ0v) is 9.18. The van der Waals surface area contributed by atoms with Crippen LogP contribution in [0.3, 0.4) is 0 Å². The number of carbonyl (C=O) groups is 2. The number of hydrazine groups is 2. The maximum absolute atomic E-state index is 11.0. The summed E-state index contributed by atoms with van der Waals surface area (Å²) in [5, 5.41) is 2.66. The molecule has 2 fully saturated rings. The minimum atomic E-state index is -0.410. The number of carbonyl (C=O) groups excluding carboxylic acids is 2. The highest BCUT2D eigenvalue weighted by Gasteiger charge is 2.25. The second-order valence-corrected chi connectivity index (χ2v) is 3.33. The van der Waals surface area contributed by atoms with Crippen LogP contribution in [0.1, 0.15) is 0 Å². The minimum Gasteiger partial charge on any atom is -0.446 e. The molecule has 0 radical (unpaired) electrons. The average molecular weight is 246 g/mol. The number of ether oxygens (including phenoxy) is 3. The van der Waals surface area contributed by atoms with Gasteiger partial charge < -0.3 is 14.2 Å². The van der Waals surface area contributed by atoms with Gasteiger partial charge in [-0.15, -0.1) is 0 Å². The van der Waals surface area contributed by atoms with E-state index in [0.717, 1.165) is 0 Å². The van der Waals surface area contributed by atoms with E-state index in [2.05, 4.69) is 10.9 Å². The van der Waals surface area contributed by atoms with E-state index < -0.39 is 12.2 Å². The van der Waals surface area contributed by atoms with Gasteiger partial charge >= 0.3 is 12.2 Å². The standard InChI is InChI=1S/C8H14N4O5/c13-7(11-5-9-11)16-3-1-15-2-4-17-8(14)12-6-10-12/h9-10H,1-6H2. The van der Waals surface area contributed by atoms with Gasteiger partial charge in [-0.3, -0.25) is 0 Å². The van der Waals surface area contributed by atoms with Crippen molar-refractivity contribution in [3.05, 3.63) is 0 Å². The molecule has 2 aliphatic rings. The first kappa shape index (κ1) is 11.9. The highest BCUT2D eigenvalue weighted by Crippen LogP contribution is 1.99. The molecule has 2 rings (SSSR count). The summed E-state index contributed by atoms with van der Waals surface area (Å²) in [7, 11) is 0. The van der Waals surface area contributed by atoms with Crippen LogP contribution >= 0.6 is 0 Å². The molecule has 0 saturated carbocycles. The molecule has 0 unspecified atom stereocenters. The molecule has 0 atom stereocenters. The lowest BCUT2D eigenvalue weighted by Crippen LogP contribution is -2.20. The molecule has 0 spiro atoms. The van der Waals surface area contributed by atoms with Crippen LogP contribution in [0.4, 0.5) is 9.59 Å². The zero-order chi connectivity index (χ0) is 12.1. The van der Waals surface area contributed by atoms with E-state index in [9.17, 15) is 9.59 Å². The van der Waals surface area contributed by atoms with Gasteiger partial charge in [-0.1, -0.05) is 0 Å². The molecule has 0 aliphatic carbocycles. The normalized spacial score (nSPS) is 16.7. The topological polar surface area (TPSA) is 112 Å². The van der Waals surface area contributed by atoms with Gasteiger partial charge in [0.15, 0.2) is 0 Å². The lowest BCUT2D eigenvalue weighted by atomic mass is 10.7. The maximum atomic E-state index is 11.0. The number of nitrogens with zero attached hydrogens (tertiary/aromatic N) is 2. The van der Waals surface area contributed by atoms with Crippen molar-refractivity contribution in [2.24, 2.45) is 0 Å². The third-order valence-corrected chi connectivity index (χ3v) is 1.98. The molecule has 96 valence electrons. The minimum absolute atomic E-state index is 0.179. The van der Waals surface area contributed by atoms with Crippen LogP contribution in [0.25, 0.3) is 0 Å². The van der Waals surface area contributed by atoms with Gasteiger partial charge in [0.05, 0.1) is 13.2 Å². The average Bonchev–Trinajstić information content (AvgIpc) is 3.20. The molecular weight excluding hydrogens is 232 g/mol. The van der Waals surface area contributed by atoms with Crippen LogP contribution < -0.4 is 10.9 Å². The van der Waals surface area contributed by atoms with E-state index in [4.69, 9.17) is 14.2 Å². The van der Waals surface area contributed by atoms with Crippen molar-refractivity contribution < 1.29 is 23.8 Å². The summed E-state index contributed by atoms with van der Waals surface area (Å²) in [5.41, 5.74) is 5.35. The summed E-state index contributed by atoms with van der Waals surface area (Å²) >= 11 is 0. The SMILES string of the molecule is O=C(OCCOCCOC(=O)N1CN1)N1CN1. The first-order valence-electron chi connectivity index (χ1n) is 5.21. The number of nitrogens with one attached hydrogen (secondary N) is 2. The predicted molar refractivity (Wildman–Crippen MR) is 53.2 cm³/mol. The predicted octanol–water partition coefficient (Wildman–Crippen LogP) is -1.17. The molecule has 0 aromatic heterocycles. The van der Waals surface area contributed by atoms with Crippen LogP contribution in [-0.2, 0) is 14.2 Å². The Morgan fingerprint density at radius 3 is 1.65 bits per heavy atom. The Balaban J connectivity index is 1.36. The lowest BCUT2D eigenvalue weighted by molar-refractivity contribution is 0.0389. The van der Waals surface area contributed by atoms with Crippen molar-refractivity contribution in [2.45, 2.75) is 0 Å². The van der Waals surface area contributed by atoms with E-state index in [-0.39, 0.29) is 26.4 Å². The van der Waals surface area contributed by atoms with Crippen LogP contribution in [0, 0.1) is 0 Å². The van der Waals surface area contributed by atoms with E-state index in [1.165, 1.54) is 10.0 Å². The number of hydrogen-bond donors (Lipinski definition) is 2. The first-order valence-corrected chi connectivity index (χ1v) is 5.21. The Kier molecular flexibility index (Phi) is 3.96. The van der Waals surface area contributed by atoms with Crippen molar-refractivity contribution in [3.8, 4) is 0 Å². The first-order chi connectivity index (χ1) is 8.27. The summed E-state index contributed by atoms with van der Waals surface area (Å²) in [6.45, 7) is 1.97. The van der Waals surface area contributed by atoms with Gasteiger partial charge in [0.1, 0.15) is 26.6 Å². The van der Waals surface area contributed by atoms with Gasteiger partial charge in [0.2, 0.25) is 0 Å². The van der Waals surface area contributed by atoms with Crippen LogP contribution in [0.2, 0.25) is 0 Å². The fourth-order valence-electron chi connectivity index (χ4n) is 0.963. The number of hydrogen-bond acceptors (Lipinski definition) is 7. The summed E-state index contributed by atoms with van der Waals surface area (Å²) in [4.78, 5) is 21.9. The maximum Gasteiger partial charge on any atom is 0.425 e. The Morgan fingerprint density at radius 2 is 1.29 bits per heavy atom. The van der Waals surface area contributed by atoms with Crippen molar-refractivity contribution in [1.29, 1.82) is 0 Å². The Bertz CT molecular complexity index is 264. The fraction of sp³-hybridized carbons (Fsp3) is 0.750. The van der Waals surface area contributed by atoms with Crippen molar-refractivity contribution >= 4 is 12.2 Å². The van der Waals surface area contributed by atoms with E-state index in [1.807, 2.05) is 0 Å². The molecule has 9 nitrogen and oxygen atoms in total. The molecule has 2 saturated heterocycles. The summed E-state index contributed by atoms with van der Waals surface area (Å²) in [6.07, 6.45) is -0.819. The van der Waals surface area contributed by atoms with Crippen molar-refractivity contribution in [2.75, 3.05) is 39.8 Å². The second kappa shape index (κ2) is 5.66. The van der Waals surface area contributed by atoms with Gasteiger partial charge in [-0.05, 0) is 0 Å². The smallest absolute Gasteiger partial charge is 0.425 e. The molecule has 9 heteroatoms. The summed E-state index contributed by atoms with van der Waals surface area (Å²) in [5.74, 6) is 0. The molecule has 2 heterocycles. The van der Waals surface area contributed by atoms with Crippen molar-refractivity contribution in [3.63, 3.8) is 0 Å². The highest BCUT2D eigenvalue weighted by atomic mass is 16.6. The van der Waals surface area contributed by atoms with E-state index in [1.54, 1.807) is 0 Å². The van der Waals surface area contributed by atoms with Gasteiger partial charge in [-0.25, -0.2) is 30.5 Å². The Labute approximate surface area is 97.5 Å². The van der Waals surface area contributed by atoms with Crippen LogP contribution in [0.15, 0.2) is 0 Å². The molecule has 2 amide bonds. The molecule has 2 aliphatic heterocycles. The molecule has 2 N–H and O–H groups in total. The zero-order valence-electron chi connectivity index (χ0n) is 9.18. The number of rotatable bonds is 6. The summed E-state index contributed by atoms with van der Waals surface area (Å²) < 4.78 is 14.7. The van der Waals surface area contributed by atoms with Gasteiger partial charge in [0, 0.05) is 0 Å². The molecular formula is C8H14N4O5. The molecule has 0 aromatic carbocycles. The third-order valence-electron chi connectivity index (χ3n) is 1.98. The third kappa shape index (κ3) is 4.43. The molecule has 17 heavy (non-hydrogen) atoms. The second-order valence-electron chi connectivity index (χ2n) is 3.33. The summed E-state index contributed by atoms with van der Waals surface area (Å²) in [6, 6.07) is 0. The molecule has 0 bridgehead atoms. The van der Waals surface area contributed by atoms with Crippen LogP contribution in [-0.4, -0.2) is 62.0 Å². The Hall–Kier alpha value is -1.58. The van der Waals surface area contributed by atoms with Crippen molar-refractivity contribution in [1.82, 2.24) is 20.9 Å². The molecule has 0 aromatic rings. The highest BCUT2D eigenvalue weighted by molar-refractivity contribution is 5.69. The largest absolute Gasteiger partial charge is 0.446 e.